The van der Waals surface area contributed by atoms with Crippen LogP contribution in [0.4, 0.5) is 5.69 Å². The van der Waals surface area contributed by atoms with Gasteiger partial charge in [-0.25, -0.2) is 0 Å². The third-order valence-electron chi connectivity index (χ3n) is 5.31. The number of pyridine rings is 1. The van der Waals surface area contributed by atoms with Crippen LogP contribution in [0.3, 0.4) is 0 Å². The van der Waals surface area contributed by atoms with Crippen molar-refractivity contribution in [3.8, 4) is 17.1 Å². The molecule has 0 bridgehead atoms. The zero-order valence-electron chi connectivity index (χ0n) is 19.8. The lowest BCUT2D eigenvalue weighted by Crippen LogP contribution is -2.34. The quantitative estimate of drug-likeness (QED) is 0.364. The number of nitrogens with zero attached hydrogens (tertiary/aromatic N) is 4. The van der Waals surface area contributed by atoms with Gasteiger partial charge in [0.15, 0.2) is 11.0 Å². The minimum atomic E-state index is -0.272. The summed E-state index contributed by atoms with van der Waals surface area (Å²) < 4.78 is 1.91. The molecule has 0 aliphatic heterocycles. The molecular formula is C26H26N6O2S. The van der Waals surface area contributed by atoms with Crippen molar-refractivity contribution in [2.24, 2.45) is 0 Å². The molecule has 0 fully saturated rings. The highest BCUT2D eigenvalue weighted by Crippen LogP contribution is 2.27. The number of carbonyl (C=O) groups is 2. The lowest BCUT2D eigenvalue weighted by Gasteiger charge is -2.13. The zero-order valence-corrected chi connectivity index (χ0v) is 20.6. The lowest BCUT2D eigenvalue weighted by molar-refractivity contribution is -0.122. The predicted molar refractivity (Wildman–Crippen MR) is 138 cm³/mol. The second-order valence-corrected chi connectivity index (χ2v) is 9.04. The number of anilines is 1. The summed E-state index contributed by atoms with van der Waals surface area (Å²) in [4.78, 5) is 29.0. The summed E-state index contributed by atoms with van der Waals surface area (Å²) in [6, 6.07) is 17.5. The molecule has 0 radical (unpaired) electrons. The van der Waals surface area contributed by atoms with Gasteiger partial charge < -0.3 is 10.6 Å². The van der Waals surface area contributed by atoms with Gasteiger partial charge in [-0.3, -0.25) is 19.1 Å². The first-order valence-electron chi connectivity index (χ1n) is 11.1. The molecule has 0 saturated carbocycles. The van der Waals surface area contributed by atoms with Crippen molar-refractivity contribution in [3.05, 3.63) is 83.7 Å². The minimum Gasteiger partial charge on any atom is -0.346 e. The van der Waals surface area contributed by atoms with E-state index in [0.29, 0.717) is 11.0 Å². The minimum absolute atomic E-state index is 0.0944. The van der Waals surface area contributed by atoms with E-state index in [4.69, 9.17) is 0 Å². The number of thioether (sulfide) groups is 1. The molecule has 4 aromatic rings. The van der Waals surface area contributed by atoms with Crippen LogP contribution in [0.2, 0.25) is 0 Å². The summed E-state index contributed by atoms with van der Waals surface area (Å²) in [6.07, 6.45) is 3.40. The molecule has 2 amide bonds. The SMILES string of the molecule is Cc1cc(C)c(NC(=O)CNC(=O)CSc2nnc(-c3ccncc3)n2-c2ccccc2)c(C)c1. The van der Waals surface area contributed by atoms with E-state index in [-0.39, 0.29) is 24.1 Å². The van der Waals surface area contributed by atoms with Gasteiger partial charge in [-0.05, 0) is 56.2 Å². The van der Waals surface area contributed by atoms with Crippen LogP contribution in [-0.2, 0) is 9.59 Å². The van der Waals surface area contributed by atoms with Gasteiger partial charge in [0.05, 0.1) is 12.3 Å². The smallest absolute Gasteiger partial charge is 0.243 e. The Bertz CT molecular complexity index is 1320. The van der Waals surface area contributed by atoms with Crippen molar-refractivity contribution in [1.82, 2.24) is 25.1 Å². The molecular weight excluding hydrogens is 460 g/mol. The summed E-state index contributed by atoms with van der Waals surface area (Å²) in [6.45, 7) is 5.81. The van der Waals surface area contributed by atoms with Gasteiger partial charge in [-0.1, -0.05) is 47.7 Å². The highest BCUT2D eigenvalue weighted by molar-refractivity contribution is 7.99. The van der Waals surface area contributed by atoms with Crippen LogP contribution in [0, 0.1) is 20.8 Å². The van der Waals surface area contributed by atoms with Crippen molar-refractivity contribution in [2.75, 3.05) is 17.6 Å². The maximum absolute atomic E-state index is 12.5. The Hall–Kier alpha value is -3.98. The van der Waals surface area contributed by atoms with Gasteiger partial charge in [0, 0.05) is 29.3 Å². The Kier molecular flexibility index (Phi) is 7.57. The van der Waals surface area contributed by atoms with Crippen LogP contribution in [-0.4, -0.2) is 43.9 Å². The van der Waals surface area contributed by atoms with Gasteiger partial charge in [-0.2, -0.15) is 0 Å². The number of para-hydroxylation sites is 1. The second kappa shape index (κ2) is 11.0. The Morgan fingerprint density at radius 3 is 2.29 bits per heavy atom. The zero-order chi connectivity index (χ0) is 24.8. The first-order chi connectivity index (χ1) is 16.9. The van der Waals surface area contributed by atoms with E-state index in [1.807, 2.05) is 79.9 Å². The monoisotopic (exact) mass is 486 g/mol. The molecule has 2 N–H and O–H groups in total. The molecule has 0 atom stereocenters. The number of carbonyl (C=O) groups excluding carboxylic acids is 2. The van der Waals surface area contributed by atoms with Crippen molar-refractivity contribution in [2.45, 2.75) is 25.9 Å². The summed E-state index contributed by atoms with van der Waals surface area (Å²) >= 11 is 1.26. The molecule has 0 aliphatic carbocycles. The van der Waals surface area contributed by atoms with Crippen molar-refractivity contribution in [1.29, 1.82) is 0 Å². The summed E-state index contributed by atoms with van der Waals surface area (Å²) in [5, 5.41) is 14.8. The third kappa shape index (κ3) is 5.93. The molecule has 2 heterocycles. The lowest BCUT2D eigenvalue weighted by atomic mass is 10.1. The number of hydrogen-bond donors (Lipinski definition) is 2. The van der Waals surface area contributed by atoms with Crippen LogP contribution in [0.25, 0.3) is 17.1 Å². The van der Waals surface area contributed by atoms with E-state index >= 15 is 0 Å². The summed E-state index contributed by atoms with van der Waals surface area (Å²) in [5.41, 5.74) is 5.65. The Balaban J connectivity index is 1.40. The molecule has 0 saturated heterocycles. The molecule has 8 nitrogen and oxygen atoms in total. The Labute approximate surface area is 208 Å². The van der Waals surface area contributed by atoms with Crippen LogP contribution < -0.4 is 10.6 Å². The molecule has 0 aliphatic rings. The van der Waals surface area contributed by atoms with Gasteiger partial charge >= 0.3 is 0 Å². The van der Waals surface area contributed by atoms with Crippen LogP contribution in [0.5, 0.6) is 0 Å². The van der Waals surface area contributed by atoms with Crippen molar-refractivity contribution >= 4 is 29.3 Å². The molecule has 0 spiro atoms. The van der Waals surface area contributed by atoms with Crippen molar-refractivity contribution in [3.63, 3.8) is 0 Å². The van der Waals surface area contributed by atoms with Gasteiger partial charge in [-0.15, -0.1) is 10.2 Å². The third-order valence-corrected chi connectivity index (χ3v) is 6.24. The second-order valence-electron chi connectivity index (χ2n) is 8.10. The topological polar surface area (TPSA) is 102 Å². The Morgan fingerprint density at radius 2 is 1.60 bits per heavy atom. The molecule has 4 rings (SSSR count). The first kappa shape index (κ1) is 24.2. The van der Waals surface area contributed by atoms with Crippen LogP contribution in [0.15, 0.2) is 72.1 Å². The van der Waals surface area contributed by atoms with E-state index in [1.165, 1.54) is 11.8 Å². The Morgan fingerprint density at radius 1 is 0.914 bits per heavy atom. The fourth-order valence-electron chi connectivity index (χ4n) is 3.78. The number of hydrogen-bond acceptors (Lipinski definition) is 6. The molecule has 2 aromatic carbocycles. The first-order valence-corrected chi connectivity index (χ1v) is 12.1. The van der Waals surface area contributed by atoms with Gasteiger partial charge in [0.25, 0.3) is 0 Å². The maximum atomic E-state index is 12.5. The highest BCUT2D eigenvalue weighted by Gasteiger charge is 2.17. The average molecular weight is 487 g/mol. The highest BCUT2D eigenvalue weighted by atomic mass is 32.2. The number of rotatable bonds is 8. The molecule has 178 valence electrons. The fourth-order valence-corrected chi connectivity index (χ4v) is 4.56. The number of aromatic nitrogens is 4. The number of aryl methyl sites for hydroxylation is 3. The van der Waals surface area contributed by atoms with E-state index in [9.17, 15) is 9.59 Å². The van der Waals surface area contributed by atoms with Crippen LogP contribution >= 0.6 is 11.8 Å². The van der Waals surface area contributed by atoms with Gasteiger partial charge in [0.1, 0.15) is 0 Å². The maximum Gasteiger partial charge on any atom is 0.243 e. The predicted octanol–water partition coefficient (Wildman–Crippen LogP) is 4.10. The number of benzene rings is 2. The summed E-state index contributed by atoms with van der Waals surface area (Å²) in [7, 11) is 0. The molecule has 2 aromatic heterocycles. The van der Waals surface area contributed by atoms with Crippen LogP contribution in [0.1, 0.15) is 16.7 Å². The largest absolute Gasteiger partial charge is 0.346 e. The standard InChI is InChI=1S/C26H26N6O2S/c1-17-13-18(2)24(19(3)14-17)29-22(33)15-28-23(34)16-35-26-31-30-25(20-9-11-27-12-10-20)32(26)21-7-5-4-6-8-21/h4-14H,15-16H2,1-3H3,(H,28,34)(H,29,33). The van der Waals surface area contributed by atoms with Crippen molar-refractivity contribution < 1.29 is 9.59 Å². The number of nitrogens with one attached hydrogen (secondary N) is 2. The molecule has 0 unspecified atom stereocenters. The van der Waals surface area contributed by atoms with E-state index in [0.717, 1.165) is 33.6 Å². The number of amides is 2. The van der Waals surface area contributed by atoms with E-state index in [2.05, 4.69) is 25.8 Å². The van der Waals surface area contributed by atoms with E-state index in [1.54, 1.807) is 12.4 Å². The average Bonchev–Trinajstić information content (AvgIpc) is 3.29. The molecule has 9 heteroatoms. The summed E-state index contributed by atoms with van der Waals surface area (Å²) in [5.74, 6) is 0.211. The normalized spacial score (nSPS) is 10.7. The molecule has 35 heavy (non-hydrogen) atoms. The fraction of sp³-hybridized carbons (Fsp3) is 0.192. The van der Waals surface area contributed by atoms with E-state index < -0.39 is 0 Å². The van der Waals surface area contributed by atoms with Gasteiger partial charge in [0.2, 0.25) is 11.8 Å².